The van der Waals surface area contributed by atoms with Gasteiger partial charge in [-0.25, -0.2) is 13.4 Å². The van der Waals surface area contributed by atoms with Crippen LogP contribution in [-0.2, 0) is 16.4 Å². The fraction of sp³-hybridized carbons (Fsp3) is 0.368. The number of carbonyl (C=O) groups excluding carboxylic acids is 1. The maximum Gasteiger partial charge on any atom is 0.272 e. The molecule has 1 unspecified atom stereocenters. The number of anilines is 1. The van der Waals surface area contributed by atoms with Crippen molar-refractivity contribution >= 4 is 21.4 Å². The summed E-state index contributed by atoms with van der Waals surface area (Å²) >= 11 is 0. The van der Waals surface area contributed by atoms with Crippen molar-refractivity contribution in [3.8, 4) is 0 Å². The van der Waals surface area contributed by atoms with Crippen LogP contribution >= 0.6 is 0 Å². The molecule has 138 valence electrons. The van der Waals surface area contributed by atoms with Crippen molar-refractivity contribution < 1.29 is 13.2 Å². The molecule has 1 aromatic carbocycles. The van der Waals surface area contributed by atoms with Crippen molar-refractivity contribution in [3.63, 3.8) is 0 Å². The average molecular weight is 373 g/mol. The molecule has 2 heterocycles. The number of amides is 1. The van der Waals surface area contributed by atoms with Gasteiger partial charge < -0.3 is 10.2 Å². The van der Waals surface area contributed by atoms with Gasteiger partial charge in [-0.05, 0) is 31.0 Å². The normalized spacial score (nSPS) is 18.5. The van der Waals surface area contributed by atoms with Crippen LogP contribution < -0.4 is 5.32 Å². The second-order valence-electron chi connectivity index (χ2n) is 6.74. The molecule has 1 N–H and O–H groups in total. The quantitative estimate of drug-likeness (QED) is 0.870. The molecule has 1 aliphatic heterocycles. The monoisotopic (exact) mass is 373 g/mol. The number of hydrogen-bond donors (Lipinski definition) is 1. The number of nitrogens with one attached hydrogen (secondary N) is 1. The SMILES string of the molecule is Cc1ccc(CNc2ccc(C(=O)N(C)C3CCS(=O)(=O)C3)nc2)cc1. The van der Waals surface area contributed by atoms with E-state index < -0.39 is 9.84 Å². The first-order valence-electron chi connectivity index (χ1n) is 8.57. The summed E-state index contributed by atoms with van der Waals surface area (Å²) in [7, 11) is -1.39. The highest BCUT2D eigenvalue weighted by atomic mass is 32.2. The van der Waals surface area contributed by atoms with E-state index in [2.05, 4.69) is 41.5 Å². The molecular formula is C19H23N3O3S. The van der Waals surface area contributed by atoms with Crippen molar-refractivity contribution in [2.75, 3.05) is 23.9 Å². The Morgan fingerprint density at radius 3 is 2.54 bits per heavy atom. The standard InChI is InChI=1S/C19H23N3O3S/c1-14-3-5-15(6-4-14)11-20-16-7-8-18(21-12-16)19(23)22(2)17-9-10-26(24,25)13-17/h3-8,12,17,20H,9-11,13H2,1-2H3. The number of pyridine rings is 1. The molecule has 0 bridgehead atoms. The van der Waals surface area contributed by atoms with Crippen molar-refractivity contribution in [1.29, 1.82) is 0 Å². The highest BCUT2D eigenvalue weighted by Gasteiger charge is 2.33. The van der Waals surface area contributed by atoms with E-state index in [4.69, 9.17) is 0 Å². The first kappa shape index (κ1) is 18.4. The summed E-state index contributed by atoms with van der Waals surface area (Å²) in [6.45, 7) is 2.73. The number of aryl methyl sites for hydroxylation is 1. The molecule has 1 saturated heterocycles. The van der Waals surface area contributed by atoms with Gasteiger partial charge in [-0.3, -0.25) is 4.79 Å². The number of benzene rings is 1. The molecule has 0 aliphatic carbocycles. The van der Waals surface area contributed by atoms with Gasteiger partial charge in [-0.2, -0.15) is 0 Å². The first-order chi connectivity index (χ1) is 12.3. The summed E-state index contributed by atoms with van der Waals surface area (Å²) in [5, 5.41) is 3.27. The van der Waals surface area contributed by atoms with E-state index in [1.54, 1.807) is 19.3 Å². The Labute approximate surface area is 154 Å². The van der Waals surface area contributed by atoms with Crippen LogP contribution in [0.5, 0.6) is 0 Å². The minimum atomic E-state index is -3.02. The highest BCUT2D eigenvalue weighted by molar-refractivity contribution is 7.91. The van der Waals surface area contributed by atoms with E-state index in [0.29, 0.717) is 18.7 Å². The Morgan fingerprint density at radius 1 is 1.23 bits per heavy atom. The van der Waals surface area contributed by atoms with Gasteiger partial charge in [0.1, 0.15) is 5.69 Å². The van der Waals surface area contributed by atoms with Gasteiger partial charge in [0.25, 0.3) is 5.91 Å². The predicted molar refractivity (Wildman–Crippen MR) is 102 cm³/mol. The van der Waals surface area contributed by atoms with Crippen LogP contribution in [0, 0.1) is 6.92 Å². The zero-order chi connectivity index (χ0) is 18.7. The van der Waals surface area contributed by atoms with E-state index in [1.807, 2.05) is 6.07 Å². The molecule has 0 radical (unpaired) electrons. The number of nitrogens with zero attached hydrogens (tertiary/aromatic N) is 2. The summed E-state index contributed by atoms with van der Waals surface area (Å²) in [5.74, 6) is -0.0760. The number of sulfone groups is 1. The fourth-order valence-corrected chi connectivity index (χ4v) is 4.74. The van der Waals surface area contributed by atoms with E-state index in [9.17, 15) is 13.2 Å². The van der Waals surface area contributed by atoms with Crippen molar-refractivity contribution in [2.24, 2.45) is 0 Å². The Hall–Kier alpha value is -2.41. The van der Waals surface area contributed by atoms with Crippen molar-refractivity contribution in [2.45, 2.75) is 25.9 Å². The average Bonchev–Trinajstić information content (AvgIpc) is 3.00. The zero-order valence-electron chi connectivity index (χ0n) is 15.0. The first-order valence-corrected chi connectivity index (χ1v) is 10.4. The second kappa shape index (κ2) is 7.45. The second-order valence-corrected chi connectivity index (χ2v) is 8.97. The summed E-state index contributed by atoms with van der Waals surface area (Å²) in [6, 6.07) is 11.5. The maximum absolute atomic E-state index is 12.5. The Balaban J connectivity index is 1.59. The van der Waals surface area contributed by atoms with Crippen molar-refractivity contribution in [1.82, 2.24) is 9.88 Å². The van der Waals surface area contributed by atoms with Crippen molar-refractivity contribution in [3.05, 3.63) is 59.4 Å². The number of rotatable bonds is 5. The van der Waals surface area contributed by atoms with Gasteiger partial charge >= 0.3 is 0 Å². The molecule has 1 atom stereocenters. The molecule has 6 nitrogen and oxygen atoms in total. The summed E-state index contributed by atoms with van der Waals surface area (Å²) in [6.07, 6.45) is 2.11. The maximum atomic E-state index is 12.5. The van der Waals surface area contributed by atoms with Gasteiger partial charge in [-0.1, -0.05) is 29.8 Å². The molecule has 1 amide bonds. The molecule has 3 rings (SSSR count). The predicted octanol–water partition coefficient (Wildman–Crippen LogP) is 2.26. The van der Waals surface area contributed by atoms with E-state index >= 15 is 0 Å². The van der Waals surface area contributed by atoms with Gasteiger partial charge in [0.2, 0.25) is 0 Å². The number of hydrogen-bond acceptors (Lipinski definition) is 5. The van der Waals surface area contributed by atoms with E-state index in [-0.39, 0.29) is 23.5 Å². The molecule has 1 fully saturated rings. The van der Waals surface area contributed by atoms with Crippen LogP contribution in [0.25, 0.3) is 0 Å². The third-order valence-electron chi connectivity index (χ3n) is 4.68. The Kier molecular flexibility index (Phi) is 5.27. The lowest BCUT2D eigenvalue weighted by atomic mass is 10.1. The molecule has 2 aromatic rings. The minimum Gasteiger partial charge on any atom is -0.380 e. The van der Waals surface area contributed by atoms with E-state index in [1.165, 1.54) is 10.5 Å². The zero-order valence-corrected chi connectivity index (χ0v) is 15.8. The van der Waals surface area contributed by atoms with Gasteiger partial charge in [0.05, 0.1) is 23.4 Å². The van der Waals surface area contributed by atoms with Gasteiger partial charge in [0, 0.05) is 19.6 Å². The fourth-order valence-electron chi connectivity index (χ4n) is 2.96. The van der Waals surface area contributed by atoms with Crippen LogP contribution in [0.4, 0.5) is 5.69 Å². The third kappa shape index (κ3) is 4.40. The number of aromatic nitrogens is 1. The Bertz CT molecular complexity index is 877. The van der Waals surface area contributed by atoms with E-state index in [0.717, 1.165) is 11.3 Å². The molecule has 26 heavy (non-hydrogen) atoms. The molecule has 7 heteroatoms. The van der Waals surface area contributed by atoms with Crippen LogP contribution in [-0.4, -0.2) is 48.8 Å². The Morgan fingerprint density at radius 2 is 1.96 bits per heavy atom. The molecule has 0 spiro atoms. The topological polar surface area (TPSA) is 79.4 Å². The van der Waals surface area contributed by atoms with Gasteiger partial charge in [0.15, 0.2) is 9.84 Å². The molecule has 1 aromatic heterocycles. The largest absolute Gasteiger partial charge is 0.380 e. The lowest BCUT2D eigenvalue weighted by Gasteiger charge is -2.23. The number of carbonyl (C=O) groups is 1. The molecule has 1 aliphatic rings. The van der Waals surface area contributed by atoms with Crippen LogP contribution in [0.1, 0.15) is 28.0 Å². The highest BCUT2D eigenvalue weighted by Crippen LogP contribution is 2.18. The van der Waals surface area contributed by atoms with Crippen LogP contribution in [0.2, 0.25) is 0 Å². The van der Waals surface area contributed by atoms with Gasteiger partial charge in [-0.15, -0.1) is 0 Å². The lowest BCUT2D eigenvalue weighted by Crippen LogP contribution is -2.38. The summed E-state index contributed by atoms with van der Waals surface area (Å²) in [4.78, 5) is 18.2. The summed E-state index contributed by atoms with van der Waals surface area (Å²) < 4.78 is 23.2. The minimum absolute atomic E-state index is 0.0332. The summed E-state index contributed by atoms with van der Waals surface area (Å²) in [5.41, 5.74) is 3.53. The smallest absolute Gasteiger partial charge is 0.272 e. The van der Waals surface area contributed by atoms with Crippen LogP contribution in [0.3, 0.4) is 0 Å². The van der Waals surface area contributed by atoms with Crippen LogP contribution in [0.15, 0.2) is 42.6 Å². The molecular weight excluding hydrogens is 350 g/mol. The lowest BCUT2D eigenvalue weighted by molar-refractivity contribution is 0.0742. The third-order valence-corrected chi connectivity index (χ3v) is 6.43. The molecule has 0 saturated carbocycles.